The molecule has 1 aromatic rings. The molecular formula is C15H21N3O4. The van der Waals surface area contributed by atoms with Crippen molar-refractivity contribution >= 4 is 17.7 Å². The lowest BCUT2D eigenvalue weighted by Crippen LogP contribution is -2.42. The molecule has 0 saturated carbocycles. The smallest absolute Gasteiger partial charge is 0.287 e. The van der Waals surface area contributed by atoms with Crippen LogP contribution in [0, 0.1) is 0 Å². The van der Waals surface area contributed by atoms with E-state index in [9.17, 15) is 14.4 Å². The Morgan fingerprint density at radius 3 is 2.77 bits per heavy atom. The Bertz CT molecular complexity index is 513. The number of furan rings is 1. The molecule has 0 unspecified atom stereocenters. The summed E-state index contributed by atoms with van der Waals surface area (Å²) in [6, 6.07) is 3.20. The van der Waals surface area contributed by atoms with Crippen LogP contribution >= 0.6 is 0 Å². The Kier molecular flexibility index (Phi) is 6.00. The van der Waals surface area contributed by atoms with E-state index >= 15 is 0 Å². The first-order chi connectivity index (χ1) is 10.7. The van der Waals surface area contributed by atoms with Crippen LogP contribution in [0.3, 0.4) is 0 Å². The number of carbonyl (C=O) groups excluding carboxylic acids is 3. The summed E-state index contributed by atoms with van der Waals surface area (Å²) in [4.78, 5) is 36.8. The number of nitrogens with one attached hydrogen (secondary N) is 2. The second-order valence-electron chi connectivity index (χ2n) is 5.21. The number of hydrogen-bond donors (Lipinski definition) is 2. The molecule has 3 amide bonds. The van der Waals surface area contributed by atoms with Crippen LogP contribution in [0.5, 0.6) is 0 Å². The first-order valence-electron chi connectivity index (χ1n) is 7.53. The van der Waals surface area contributed by atoms with Gasteiger partial charge in [0.1, 0.15) is 0 Å². The number of likely N-dealkylation sites (tertiary alicyclic amines) is 1. The molecular weight excluding hydrogens is 286 g/mol. The predicted octanol–water partition coefficient (Wildman–Crippen LogP) is 0.528. The molecule has 1 fully saturated rings. The Labute approximate surface area is 129 Å². The third-order valence-corrected chi connectivity index (χ3v) is 3.48. The molecule has 0 radical (unpaired) electrons. The summed E-state index contributed by atoms with van der Waals surface area (Å²) < 4.78 is 4.95. The molecule has 1 aromatic heterocycles. The summed E-state index contributed by atoms with van der Waals surface area (Å²) in [7, 11) is 0. The minimum Gasteiger partial charge on any atom is -0.459 e. The average molecular weight is 307 g/mol. The molecule has 0 atom stereocenters. The second kappa shape index (κ2) is 8.21. The molecule has 1 aliphatic heterocycles. The van der Waals surface area contributed by atoms with Crippen LogP contribution in [-0.2, 0) is 9.59 Å². The third kappa shape index (κ3) is 4.91. The van der Waals surface area contributed by atoms with Crippen molar-refractivity contribution in [3.63, 3.8) is 0 Å². The van der Waals surface area contributed by atoms with Gasteiger partial charge in [0.15, 0.2) is 5.76 Å². The summed E-state index contributed by atoms with van der Waals surface area (Å²) in [6.07, 6.45) is 4.82. The number of amides is 3. The lowest BCUT2D eigenvalue weighted by Gasteiger charge is -2.19. The molecule has 7 heteroatoms. The number of nitrogens with zero attached hydrogens (tertiary/aromatic N) is 1. The molecule has 120 valence electrons. The topological polar surface area (TPSA) is 91.7 Å². The summed E-state index contributed by atoms with van der Waals surface area (Å²) in [6.45, 7) is 1.35. The van der Waals surface area contributed by atoms with Gasteiger partial charge in [0, 0.05) is 26.1 Å². The highest BCUT2D eigenvalue weighted by Gasteiger charge is 2.18. The van der Waals surface area contributed by atoms with Gasteiger partial charge in [-0.25, -0.2) is 0 Å². The second-order valence-corrected chi connectivity index (χ2v) is 5.21. The number of carbonyl (C=O) groups is 3. The maximum Gasteiger partial charge on any atom is 0.287 e. The SMILES string of the molecule is O=C(CN1CCCCCC1=O)NCCNC(=O)c1ccco1. The van der Waals surface area contributed by atoms with E-state index in [4.69, 9.17) is 4.42 Å². The zero-order valence-electron chi connectivity index (χ0n) is 12.5. The Hall–Kier alpha value is -2.31. The summed E-state index contributed by atoms with van der Waals surface area (Å²) in [5.74, 6) is -0.246. The van der Waals surface area contributed by atoms with Crippen molar-refractivity contribution in [3.05, 3.63) is 24.2 Å². The lowest BCUT2D eigenvalue weighted by molar-refractivity contribution is -0.135. The normalized spacial score (nSPS) is 15.3. The molecule has 2 heterocycles. The molecule has 0 bridgehead atoms. The van der Waals surface area contributed by atoms with Gasteiger partial charge >= 0.3 is 0 Å². The quantitative estimate of drug-likeness (QED) is 0.750. The van der Waals surface area contributed by atoms with Crippen LogP contribution in [0.15, 0.2) is 22.8 Å². The van der Waals surface area contributed by atoms with Crippen LogP contribution in [-0.4, -0.2) is 48.8 Å². The van der Waals surface area contributed by atoms with Crippen molar-refractivity contribution in [1.82, 2.24) is 15.5 Å². The van der Waals surface area contributed by atoms with Gasteiger partial charge < -0.3 is 20.0 Å². The summed E-state index contributed by atoms with van der Waals surface area (Å²) in [5.41, 5.74) is 0. The maximum atomic E-state index is 11.8. The van der Waals surface area contributed by atoms with Crippen molar-refractivity contribution in [3.8, 4) is 0 Å². The van der Waals surface area contributed by atoms with Crippen molar-refractivity contribution in [2.24, 2.45) is 0 Å². The van der Waals surface area contributed by atoms with Gasteiger partial charge in [0.2, 0.25) is 11.8 Å². The predicted molar refractivity (Wildman–Crippen MR) is 79.1 cm³/mol. The Morgan fingerprint density at radius 1 is 1.18 bits per heavy atom. The van der Waals surface area contributed by atoms with Crippen LogP contribution in [0.1, 0.15) is 36.2 Å². The largest absolute Gasteiger partial charge is 0.459 e. The van der Waals surface area contributed by atoms with Crippen LogP contribution in [0.4, 0.5) is 0 Å². The number of rotatable bonds is 6. The molecule has 2 N–H and O–H groups in total. The molecule has 7 nitrogen and oxygen atoms in total. The van der Waals surface area contributed by atoms with Gasteiger partial charge in [-0.3, -0.25) is 14.4 Å². The van der Waals surface area contributed by atoms with E-state index in [1.54, 1.807) is 17.0 Å². The molecule has 2 rings (SSSR count). The van der Waals surface area contributed by atoms with Gasteiger partial charge in [-0.05, 0) is 25.0 Å². The molecule has 0 aliphatic carbocycles. The fraction of sp³-hybridized carbons (Fsp3) is 0.533. The molecule has 0 aromatic carbocycles. The van der Waals surface area contributed by atoms with E-state index in [1.165, 1.54) is 6.26 Å². The summed E-state index contributed by atoms with van der Waals surface area (Å²) >= 11 is 0. The third-order valence-electron chi connectivity index (χ3n) is 3.48. The van der Waals surface area contributed by atoms with E-state index in [1.807, 2.05) is 0 Å². The Balaban J connectivity index is 1.63. The zero-order chi connectivity index (χ0) is 15.8. The van der Waals surface area contributed by atoms with Crippen LogP contribution in [0.25, 0.3) is 0 Å². The molecule has 22 heavy (non-hydrogen) atoms. The summed E-state index contributed by atoms with van der Waals surface area (Å²) in [5, 5.41) is 5.33. The van der Waals surface area contributed by atoms with E-state index in [-0.39, 0.29) is 30.0 Å². The van der Waals surface area contributed by atoms with Gasteiger partial charge in [-0.2, -0.15) is 0 Å². The van der Waals surface area contributed by atoms with Gasteiger partial charge in [-0.1, -0.05) is 6.42 Å². The van der Waals surface area contributed by atoms with Crippen molar-refractivity contribution in [2.45, 2.75) is 25.7 Å². The monoisotopic (exact) mass is 307 g/mol. The average Bonchev–Trinajstić information content (AvgIpc) is 2.97. The molecule has 1 saturated heterocycles. The molecule has 1 aliphatic rings. The highest BCUT2D eigenvalue weighted by molar-refractivity contribution is 5.91. The number of hydrogen-bond acceptors (Lipinski definition) is 4. The first-order valence-corrected chi connectivity index (χ1v) is 7.53. The highest BCUT2D eigenvalue weighted by Crippen LogP contribution is 2.10. The Morgan fingerprint density at radius 2 is 2.00 bits per heavy atom. The first kappa shape index (κ1) is 16.1. The van der Waals surface area contributed by atoms with E-state index < -0.39 is 0 Å². The fourth-order valence-corrected chi connectivity index (χ4v) is 2.31. The maximum absolute atomic E-state index is 11.8. The highest BCUT2D eigenvalue weighted by atomic mass is 16.3. The fourth-order valence-electron chi connectivity index (χ4n) is 2.31. The lowest BCUT2D eigenvalue weighted by atomic mass is 10.2. The zero-order valence-corrected chi connectivity index (χ0v) is 12.5. The van der Waals surface area contributed by atoms with E-state index in [2.05, 4.69) is 10.6 Å². The van der Waals surface area contributed by atoms with Gasteiger partial charge in [0.05, 0.1) is 12.8 Å². The van der Waals surface area contributed by atoms with Crippen molar-refractivity contribution in [2.75, 3.05) is 26.2 Å². The van der Waals surface area contributed by atoms with Gasteiger partial charge in [0.25, 0.3) is 5.91 Å². The van der Waals surface area contributed by atoms with Crippen LogP contribution < -0.4 is 10.6 Å². The van der Waals surface area contributed by atoms with E-state index in [0.29, 0.717) is 26.1 Å². The molecule has 0 spiro atoms. The van der Waals surface area contributed by atoms with Crippen LogP contribution in [0.2, 0.25) is 0 Å². The van der Waals surface area contributed by atoms with Gasteiger partial charge in [-0.15, -0.1) is 0 Å². The standard InChI is InChI=1S/C15H21N3O4/c19-13(11-18-9-3-1-2-6-14(18)20)16-7-8-17-15(21)12-5-4-10-22-12/h4-5,10H,1-3,6-9,11H2,(H,16,19)(H,17,21). The van der Waals surface area contributed by atoms with Crippen molar-refractivity contribution in [1.29, 1.82) is 0 Å². The van der Waals surface area contributed by atoms with Crippen molar-refractivity contribution < 1.29 is 18.8 Å². The van der Waals surface area contributed by atoms with E-state index in [0.717, 1.165) is 19.3 Å². The minimum absolute atomic E-state index is 0.0405. The minimum atomic E-state index is -0.318.